The fourth-order valence-corrected chi connectivity index (χ4v) is 1.64. The molecule has 1 saturated heterocycles. The minimum absolute atomic E-state index is 0.00269. The van der Waals surface area contributed by atoms with Gasteiger partial charge < -0.3 is 9.47 Å². The first-order valence-corrected chi connectivity index (χ1v) is 4.54. The van der Waals surface area contributed by atoms with E-state index in [2.05, 4.69) is 6.07 Å². The molecule has 66 valence electrons. The average molecular weight is 167 g/mol. The van der Waals surface area contributed by atoms with Crippen LogP contribution < -0.4 is 0 Å². The molecule has 0 N–H and O–H groups in total. The van der Waals surface area contributed by atoms with Gasteiger partial charge in [-0.2, -0.15) is 5.26 Å². The minimum atomic E-state index is -0.00269. The molecular formula is C9H13NO2. The molecule has 1 aliphatic carbocycles. The first-order valence-electron chi connectivity index (χ1n) is 4.54. The van der Waals surface area contributed by atoms with Crippen molar-refractivity contribution in [1.82, 2.24) is 0 Å². The van der Waals surface area contributed by atoms with Gasteiger partial charge in [0.25, 0.3) is 0 Å². The lowest BCUT2D eigenvalue weighted by Gasteiger charge is -2.29. The molecule has 2 fully saturated rings. The Labute approximate surface area is 72.3 Å². The molecule has 12 heavy (non-hydrogen) atoms. The van der Waals surface area contributed by atoms with Gasteiger partial charge in [0.1, 0.15) is 0 Å². The van der Waals surface area contributed by atoms with E-state index in [-0.39, 0.29) is 12.4 Å². The number of ether oxygens (including phenoxy) is 2. The van der Waals surface area contributed by atoms with E-state index in [1.807, 2.05) is 0 Å². The Bertz CT molecular complexity index is 195. The van der Waals surface area contributed by atoms with Crippen LogP contribution in [0.25, 0.3) is 0 Å². The summed E-state index contributed by atoms with van der Waals surface area (Å²) in [6.45, 7) is 0.606. The normalized spacial score (nSPS) is 35.9. The van der Waals surface area contributed by atoms with Gasteiger partial charge in [0, 0.05) is 5.92 Å². The number of rotatable bonds is 2. The minimum Gasteiger partial charge on any atom is -0.350 e. The van der Waals surface area contributed by atoms with Crippen molar-refractivity contribution in [3.8, 4) is 6.07 Å². The second-order valence-electron chi connectivity index (χ2n) is 3.51. The van der Waals surface area contributed by atoms with E-state index in [0.29, 0.717) is 18.9 Å². The predicted molar refractivity (Wildman–Crippen MR) is 42.2 cm³/mol. The molecule has 3 heteroatoms. The molecule has 0 bridgehead atoms. The first kappa shape index (κ1) is 8.03. The van der Waals surface area contributed by atoms with Crippen molar-refractivity contribution < 1.29 is 9.47 Å². The van der Waals surface area contributed by atoms with E-state index < -0.39 is 0 Å². The Kier molecular flexibility index (Phi) is 2.29. The molecule has 0 spiro atoms. The zero-order chi connectivity index (χ0) is 8.39. The fourth-order valence-electron chi connectivity index (χ4n) is 1.64. The van der Waals surface area contributed by atoms with Crippen molar-refractivity contribution in [3.63, 3.8) is 0 Å². The van der Waals surface area contributed by atoms with Gasteiger partial charge in [-0.3, -0.25) is 0 Å². The molecule has 1 aliphatic heterocycles. The van der Waals surface area contributed by atoms with Crippen LogP contribution in [0.2, 0.25) is 0 Å². The lowest BCUT2D eigenvalue weighted by Crippen LogP contribution is -2.28. The molecule has 0 aromatic heterocycles. The Hall–Kier alpha value is -0.590. The number of hydrogen-bond donors (Lipinski definition) is 0. The lowest BCUT2D eigenvalue weighted by atomic mass is 9.85. The standard InChI is InChI=1S/C9H13NO2/c10-5-4-8-6-11-9(12-8)7-2-1-3-7/h7-9H,1-4,6H2. The first-order chi connectivity index (χ1) is 5.90. The predicted octanol–water partition coefficient (Wildman–Crippen LogP) is 1.44. The van der Waals surface area contributed by atoms with Crippen LogP contribution in [0.4, 0.5) is 0 Å². The quantitative estimate of drug-likeness (QED) is 0.625. The molecule has 0 amide bonds. The Morgan fingerprint density at radius 2 is 2.25 bits per heavy atom. The topological polar surface area (TPSA) is 42.2 Å². The average Bonchev–Trinajstić information content (AvgIpc) is 2.34. The van der Waals surface area contributed by atoms with E-state index in [1.165, 1.54) is 19.3 Å². The van der Waals surface area contributed by atoms with Crippen molar-refractivity contribution in [2.24, 2.45) is 5.92 Å². The van der Waals surface area contributed by atoms with E-state index in [4.69, 9.17) is 14.7 Å². The third kappa shape index (κ3) is 1.45. The van der Waals surface area contributed by atoms with Crippen LogP contribution in [-0.4, -0.2) is 19.0 Å². The van der Waals surface area contributed by atoms with Gasteiger partial charge in [0.15, 0.2) is 6.29 Å². The summed E-state index contributed by atoms with van der Waals surface area (Å²) in [7, 11) is 0. The fraction of sp³-hybridized carbons (Fsp3) is 0.889. The SMILES string of the molecule is N#CCC1COC(C2CCC2)O1. The largest absolute Gasteiger partial charge is 0.350 e. The van der Waals surface area contributed by atoms with Crippen molar-refractivity contribution in [3.05, 3.63) is 0 Å². The maximum Gasteiger partial charge on any atom is 0.161 e. The molecule has 1 heterocycles. The van der Waals surface area contributed by atoms with Crippen LogP contribution >= 0.6 is 0 Å². The highest BCUT2D eigenvalue weighted by atomic mass is 16.7. The van der Waals surface area contributed by atoms with Crippen LogP contribution in [0.1, 0.15) is 25.7 Å². The van der Waals surface area contributed by atoms with Crippen LogP contribution in [0.5, 0.6) is 0 Å². The van der Waals surface area contributed by atoms with Gasteiger partial charge in [-0.1, -0.05) is 6.42 Å². The number of nitriles is 1. The maximum absolute atomic E-state index is 8.44. The summed E-state index contributed by atoms with van der Waals surface area (Å²) < 4.78 is 11.0. The highest BCUT2D eigenvalue weighted by Gasteiger charge is 2.35. The van der Waals surface area contributed by atoms with Crippen LogP contribution in [0.3, 0.4) is 0 Å². The molecule has 0 aromatic rings. The Balaban J connectivity index is 1.78. The summed E-state index contributed by atoms with van der Waals surface area (Å²) in [5, 5.41) is 8.44. The van der Waals surface area contributed by atoms with E-state index >= 15 is 0 Å². The van der Waals surface area contributed by atoms with E-state index in [0.717, 1.165) is 0 Å². The monoisotopic (exact) mass is 167 g/mol. The van der Waals surface area contributed by atoms with Crippen LogP contribution in [0.15, 0.2) is 0 Å². The highest BCUT2D eigenvalue weighted by Crippen LogP contribution is 2.34. The summed E-state index contributed by atoms with van der Waals surface area (Å²) in [5.41, 5.74) is 0. The number of nitrogens with zero attached hydrogens (tertiary/aromatic N) is 1. The Morgan fingerprint density at radius 1 is 1.42 bits per heavy atom. The maximum atomic E-state index is 8.44. The third-order valence-electron chi connectivity index (χ3n) is 2.63. The van der Waals surface area contributed by atoms with Crippen LogP contribution in [-0.2, 0) is 9.47 Å². The van der Waals surface area contributed by atoms with Crippen molar-refractivity contribution in [2.45, 2.75) is 38.1 Å². The lowest BCUT2D eigenvalue weighted by molar-refractivity contribution is -0.115. The molecule has 2 aliphatic rings. The second-order valence-corrected chi connectivity index (χ2v) is 3.51. The summed E-state index contributed by atoms with van der Waals surface area (Å²) in [6, 6.07) is 2.10. The third-order valence-corrected chi connectivity index (χ3v) is 2.63. The van der Waals surface area contributed by atoms with Gasteiger partial charge in [0.05, 0.1) is 25.2 Å². The van der Waals surface area contributed by atoms with Crippen molar-refractivity contribution in [2.75, 3.05) is 6.61 Å². The zero-order valence-corrected chi connectivity index (χ0v) is 7.03. The van der Waals surface area contributed by atoms with Crippen molar-refractivity contribution >= 4 is 0 Å². The molecule has 3 nitrogen and oxygen atoms in total. The van der Waals surface area contributed by atoms with E-state index in [9.17, 15) is 0 Å². The molecule has 2 rings (SSSR count). The van der Waals surface area contributed by atoms with Gasteiger partial charge in [-0.05, 0) is 12.8 Å². The summed E-state index contributed by atoms with van der Waals surface area (Å²) in [5.74, 6) is 0.605. The summed E-state index contributed by atoms with van der Waals surface area (Å²) in [4.78, 5) is 0. The van der Waals surface area contributed by atoms with Crippen LogP contribution in [0, 0.1) is 17.2 Å². The summed E-state index contributed by atoms with van der Waals surface area (Å²) >= 11 is 0. The van der Waals surface area contributed by atoms with Gasteiger partial charge >= 0.3 is 0 Å². The molecule has 1 saturated carbocycles. The summed E-state index contributed by atoms with van der Waals surface area (Å²) in [6.07, 6.45) is 4.24. The molecule has 0 radical (unpaired) electrons. The Morgan fingerprint density at radius 3 is 2.83 bits per heavy atom. The van der Waals surface area contributed by atoms with Gasteiger partial charge in [0.2, 0.25) is 0 Å². The molecule has 2 unspecified atom stereocenters. The zero-order valence-electron chi connectivity index (χ0n) is 7.03. The molecule has 0 aromatic carbocycles. The van der Waals surface area contributed by atoms with Gasteiger partial charge in [-0.15, -0.1) is 0 Å². The van der Waals surface area contributed by atoms with E-state index in [1.54, 1.807) is 0 Å². The number of hydrogen-bond acceptors (Lipinski definition) is 3. The highest BCUT2D eigenvalue weighted by molar-refractivity contribution is 4.82. The molecule has 2 atom stereocenters. The van der Waals surface area contributed by atoms with Crippen molar-refractivity contribution in [1.29, 1.82) is 5.26 Å². The van der Waals surface area contributed by atoms with Gasteiger partial charge in [-0.25, -0.2) is 0 Å². The second kappa shape index (κ2) is 3.42. The molecular weight excluding hydrogens is 154 g/mol. The smallest absolute Gasteiger partial charge is 0.161 e.